The van der Waals surface area contributed by atoms with E-state index in [2.05, 4.69) is 54.5 Å². The van der Waals surface area contributed by atoms with Gasteiger partial charge in [-0.15, -0.1) is 11.8 Å². The van der Waals surface area contributed by atoms with Crippen LogP contribution < -0.4 is 0 Å². The lowest BCUT2D eigenvalue weighted by molar-refractivity contribution is 0.316. The monoisotopic (exact) mass is 275 g/mol. The molecule has 0 bridgehead atoms. The molecule has 0 aliphatic heterocycles. The molecular formula is C15H21N3S. The molecule has 0 atom stereocenters. The van der Waals surface area contributed by atoms with Crippen LogP contribution in [0.3, 0.4) is 0 Å². The van der Waals surface area contributed by atoms with Gasteiger partial charge < -0.3 is 0 Å². The molecule has 2 rings (SSSR count). The summed E-state index contributed by atoms with van der Waals surface area (Å²) in [6, 6.07) is 8.60. The highest BCUT2D eigenvalue weighted by Crippen LogP contribution is 2.21. The molecule has 0 radical (unpaired) electrons. The molecule has 1 aromatic carbocycles. The van der Waals surface area contributed by atoms with E-state index in [4.69, 9.17) is 0 Å². The molecule has 0 aliphatic carbocycles. The zero-order valence-corrected chi connectivity index (χ0v) is 12.9. The molecule has 0 aliphatic rings. The molecule has 102 valence electrons. The maximum atomic E-state index is 4.30. The van der Waals surface area contributed by atoms with Crippen LogP contribution in [-0.4, -0.2) is 28.0 Å². The molecule has 0 saturated carbocycles. The van der Waals surface area contributed by atoms with E-state index in [0.717, 1.165) is 13.1 Å². The summed E-state index contributed by atoms with van der Waals surface area (Å²) in [6.07, 6.45) is 4.09. The molecule has 2 aromatic rings. The number of hydrogen-bond donors (Lipinski definition) is 0. The summed E-state index contributed by atoms with van der Waals surface area (Å²) in [4.78, 5) is 3.69. The Morgan fingerprint density at radius 2 is 1.89 bits per heavy atom. The van der Waals surface area contributed by atoms with Crippen LogP contribution in [0.15, 0.2) is 35.4 Å². The van der Waals surface area contributed by atoms with E-state index in [1.165, 1.54) is 21.7 Å². The van der Waals surface area contributed by atoms with Crippen molar-refractivity contribution in [3.63, 3.8) is 0 Å². The van der Waals surface area contributed by atoms with Crippen molar-refractivity contribution < 1.29 is 0 Å². The summed E-state index contributed by atoms with van der Waals surface area (Å²) in [5.74, 6) is 0. The topological polar surface area (TPSA) is 21.1 Å². The van der Waals surface area contributed by atoms with E-state index in [1.54, 1.807) is 0 Å². The number of aromatic nitrogens is 2. The highest BCUT2D eigenvalue weighted by molar-refractivity contribution is 7.98. The first kappa shape index (κ1) is 14.2. The lowest BCUT2D eigenvalue weighted by Crippen LogP contribution is -2.18. The average Bonchev–Trinajstić information content (AvgIpc) is 2.71. The van der Waals surface area contributed by atoms with Gasteiger partial charge in [-0.1, -0.05) is 18.2 Å². The summed E-state index contributed by atoms with van der Waals surface area (Å²) < 4.78 is 1.93. The second-order valence-electron chi connectivity index (χ2n) is 4.86. The van der Waals surface area contributed by atoms with Gasteiger partial charge in [-0.25, -0.2) is 0 Å². The number of nitrogens with zero attached hydrogens (tertiary/aromatic N) is 3. The number of benzene rings is 1. The van der Waals surface area contributed by atoms with E-state index in [-0.39, 0.29) is 0 Å². The summed E-state index contributed by atoms with van der Waals surface area (Å²) in [5, 5.41) is 4.30. The van der Waals surface area contributed by atoms with Crippen LogP contribution in [0.5, 0.6) is 0 Å². The molecule has 0 spiro atoms. The standard InChI is InChI=1S/C15H21N3S/c1-12-14(9-16-18(12)3)11-17(2)10-13-7-5-6-8-15(13)19-4/h5-9H,10-11H2,1-4H3. The van der Waals surface area contributed by atoms with Gasteiger partial charge in [0.25, 0.3) is 0 Å². The normalized spacial score (nSPS) is 11.2. The highest BCUT2D eigenvalue weighted by atomic mass is 32.2. The highest BCUT2D eigenvalue weighted by Gasteiger charge is 2.09. The molecule has 0 unspecified atom stereocenters. The van der Waals surface area contributed by atoms with Gasteiger partial charge in [0.1, 0.15) is 0 Å². The molecular weight excluding hydrogens is 254 g/mol. The summed E-state index contributed by atoms with van der Waals surface area (Å²) in [5.41, 5.74) is 3.93. The van der Waals surface area contributed by atoms with Gasteiger partial charge in [-0.3, -0.25) is 9.58 Å². The molecule has 4 heteroatoms. The second kappa shape index (κ2) is 6.26. The first-order valence-electron chi connectivity index (χ1n) is 6.39. The Kier molecular flexibility index (Phi) is 4.66. The molecule has 19 heavy (non-hydrogen) atoms. The minimum Gasteiger partial charge on any atom is -0.298 e. The van der Waals surface area contributed by atoms with Gasteiger partial charge in [0, 0.05) is 36.3 Å². The zero-order valence-electron chi connectivity index (χ0n) is 12.1. The lowest BCUT2D eigenvalue weighted by atomic mass is 10.2. The van der Waals surface area contributed by atoms with Crippen LogP contribution in [0.2, 0.25) is 0 Å². The van der Waals surface area contributed by atoms with E-state index in [0.29, 0.717) is 0 Å². The number of hydrogen-bond acceptors (Lipinski definition) is 3. The Bertz CT molecular complexity index is 548. The molecule has 1 heterocycles. The van der Waals surface area contributed by atoms with Crippen LogP contribution in [-0.2, 0) is 20.1 Å². The van der Waals surface area contributed by atoms with E-state index >= 15 is 0 Å². The predicted octanol–water partition coefficient (Wildman–Crippen LogP) is 3.08. The second-order valence-corrected chi connectivity index (χ2v) is 5.71. The van der Waals surface area contributed by atoms with Crippen LogP contribution in [0.4, 0.5) is 0 Å². The smallest absolute Gasteiger partial charge is 0.0537 e. The minimum atomic E-state index is 0.933. The fourth-order valence-electron chi connectivity index (χ4n) is 2.17. The van der Waals surface area contributed by atoms with Gasteiger partial charge in [0.05, 0.1) is 6.20 Å². The van der Waals surface area contributed by atoms with Crippen molar-refractivity contribution in [3.05, 3.63) is 47.3 Å². The number of thioether (sulfide) groups is 1. The van der Waals surface area contributed by atoms with Crippen LogP contribution in [0, 0.1) is 6.92 Å². The minimum absolute atomic E-state index is 0.933. The maximum absolute atomic E-state index is 4.30. The maximum Gasteiger partial charge on any atom is 0.0537 e. The van der Waals surface area contributed by atoms with Crippen LogP contribution >= 0.6 is 11.8 Å². The van der Waals surface area contributed by atoms with Crippen molar-refractivity contribution in [1.29, 1.82) is 0 Å². The first-order chi connectivity index (χ1) is 9.11. The van der Waals surface area contributed by atoms with Crippen LogP contribution in [0.1, 0.15) is 16.8 Å². The van der Waals surface area contributed by atoms with Crippen molar-refractivity contribution in [2.24, 2.45) is 7.05 Å². The van der Waals surface area contributed by atoms with Crippen molar-refractivity contribution in [1.82, 2.24) is 14.7 Å². The van der Waals surface area contributed by atoms with E-state index < -0.39 is 0 Å². The van der Waals surface area contributed by atoms with Gasteiger partial charge in [-0.05, 0) is 31.9 Å². The summed E-state index contributed by atoms with van der Waals surface area (Å²) in [6.45, 7) is 4.01. The molecule has 3 nitrogen and oxygen atoms in total. The zero-order chi connectivity index (χ0) is 13.8. The number of aryl methyl sites for hydroxylation is 1. The third kappa shape index (κ3) is 3.39. The van der Waals surface area contributed by atoms with E-state index in [9.17, 15) is 0 Å². The third-order valence-corrected chi connectivity index (χ3v) is 4.25. The third-order valence-electron chi connectivity index (χ3n) is 3.41. The quantitative estimate of drug-likeness (QED) is 0.783. The predicted molar refractivity (Wildman–Crippen MR) is 81.3 cm³/mol. The first-order valence-corrected chi connectivity index (χ1v) is 7.62. The van der Waals surface area contributed by atoms with Gasteiger partial charge in [0.2, 0.25) is 0 Å². The fraction of sp³-hybridized carbons (Fsp3) is 0.400. The Hall–Kier alpha value is -1.26. The molecule has 1 aromatic heterocycles. The summed E-state index contributed by atoms with van der Waals surface area (Å²) >= 11 is 1.81. The van der Waals surface area contributed by atoms with Gasteiger partial charge >= 0.3 is 0 Å². The molecule has 0 fully saturated rings. The molecule has 0 saturated heterocycles. The Labute approximate surface area is 119 Å². The van der Waals surface area contributed by atoms with Gasteiger partial charge in [-0.2, -0.15) is 5.10 Å². The van der Waals surface area contributed by atoms with Crippen LogP contribution in [0.25, 0.3) is 0 Å². The largest absolute Gasteiger partial charge is 0.298 e. The summed E-state index contributed by atoms with van der Waals surface area (Å²) in [7, 11) is 4.14. The average molecular weight is 275 g/mol. The van der Waals surface area contributed by atoms with Gasteiger partial charge in [0.15, 0.2) is 0 Å². The Morgan fingerprint density at radius 1 is 1.21 bits per heavy atom. The van der Waals surface area contributed by atoms with E-state index in [1.807, 2.05) is 29.7 Å². The molecule has 0 amide bonds. The molecule has 0 N–H and O–H groups in total. The van der Waals surface area contributed by atoms with Crippen molar-refractivity contribution in [3.8, 4) is 0 Å². The number of rotatable bonds is 5. The fourth-order valence-corrected chi connectivity index (χ4v) is 2.78. The van der Waals surface area contributed by atoms with Crippen molar-refractivity contribution in [2.75, 3.05) is 13.3 Å². The lowest BCUT2D eigenvalue weighted by Gasteiger charge is -2.18. The Morgan fingerprint density at radius 3 is 2.53 bits per heavy atom. The Balaban J connectivity index is 2.05. The van der Waals surface area contributed by atoms with Crippen molar-refractivity contribution >= 4 is 11.8 Å². The SMILES string of the molecule is CSc1ccccc1CN(C)Cc1cnn(C)c1C. The van der Waals surface area contributed by atoms with Crippen molar-refractivity contribution in [2.45, 2.75) is 24.9 Å².